The highest BCUT2D eigenvalue weighted by Crippen LogP contribution is 2.30. The number of nitrogens with zero attached hydrogens (tertiary/aromatic N) is 1. The second-order valence-corrected chi connectivity index (χ2v) is 4.46. The van der Waals surface area contributed by atoms with Crippen molar-refractivity contribution in [2.24, 2.45) is 0 Å². The summed E-state index contributed by atoms with van der Waals surface area (Å²) in [4.78, 5) is 2.33. The van der Waals surface area contributed by atoms with Crippen LogP contribution >= 0.6 is 0 Å². The molecule has 0 saturated carbocycles. The van der Waals surface area contributed by atoms with Gasteiger partial charge in [-0.15, -0.1) is 0 Å². The van der Waals surface area contributed by atoms with Crippen LogP contribution in [0, 0.1) is 0 Å². The number of ether oxygens (including phenoxy) is 2. The number of rotatable bonds is 4. The summed E-state index contributed by atoms with van der Waals surface area (Å²) < 4.78 is 10.6. The Balaban J connectivity index is 2.09. The molecule has 0 bridgehead atoms. The average molecular weight is 236 g/mol. The van der Waals surface area contributed by atoms with Gasteiger partial charge in [-0.3, -0.25) is 0 Å². The van der Waals surface area contributed by atoms with Crippen LogP contribution in [0.3, 0.4) is 0 Å². The summed E-state index contributed by atoms with van der Waals surface area (Å²) in [5, 5.41) is 3.52. The second-order valence-electron chi connectivity index (χ2n) is 4.46. The number of methoxy groups -OCH3 is 2. The van der Waals surface area contributed by atoms with Crippen LogP contribution in [0.2, 0.25) is 0 Å². The summed E-state index contributed by atoms with van der Waals surface area (Å²) in [6, 6.07) is 6.36. The molecule has 4 nitrogen and oxygen atoms in total. The standard InChI is InChI=1S/C13H20N2O2/c1-15-7-6-10(9-15)14-12-5-4-11(16-2)8-13(12)17-3/h4-5,8,10,14H,6-7,9H2,1-3H3. The molecule has 4 heteroatoms. The molecule has 1 aliphatic heterocycles. The fourth-order valence-electron chi connectivity index (χ4n) is 2.19. The maximum atomic E-state index is 5.37. The van der Waals surface area contributed by atoms with Crippen molar-refractivity contribution in [2.75, 3.05) is 39.7 Å². The van der Waals surface area contributed by atoms with Crippen LogP contribution in [0.5, 0.6) is 11.5 Å². The molecule has 0 aliphatic carbocycles. The molecule has 1 atom stereocenters. The number of likely N-dealkylation sites (N-methyl/N-ethyl adjacent to an activating group) is 1. The van der Waals surface area contributed by atoms with Crippen LogP contribution in [-0.2, 0) is 0 Å². The van der Waals surface area contributed by atoms with Crippen molar-refractivity contribution < 1.29 is 9.47 Å². The Morgan fingerprint density at radius 3 is 2.71 bits per heavy atom. The number of benzene rings is 1. The van der Waals surface area contributed by atoms with Gasteiger partial charge in [0.15, 0.2) is 0 Å². The highest BCUT2D eigenvalue weighted by Gasteiger charge is 2.20. The van der Waals surface area contributed by atoms with Gasteiger partial charge in [0.05, 0.1) is 19.9 Å². The Morgan fingerprint density at radius 1 is 1.29 bits per heavy atom. The van der Waals surface area contributed by atoms with Crippen molar-refractivity contribution in [3.05, 3.63) is 18.2 Å². The molecule has 1 unspecified atom stereocenters. The van der Waals surface area contributed by atoms with Gasteiger partial charge in [0, 0.05) is 18.7 Å². The first kappa shape index (κ1) is 12.0. The third-order valence-corrected chi connectivity index (χ3v) is 3.16. The zero-order chi connectivity index (χ0) is 12.3. The van der Waals surface area contributed by atoms with Crippen LogP contribution in [0.25, 0.3) is 0 Å². The number of anilines is 1. The third kappa shape index (κ3) is 2.82. The van der Waals surface area contributed by atoms with Crippen LogP contribution < -0.4 is 14.8 Å². The molecule has 0 amide bonds. The number of nitrogens with one attached hydrogen (secondary N) is 1. The molecule has 1 aliphatic rings. The van der Waals surface area contributed by atoms with Crippen molar-refractivity contribution in [2.45, 2.75) is 12.5 Å². The van der Waals surface area contributed by atoms with E-state index in [2.05, 4.69) is 17.3 Å². The lowest BCUT2D eigenvalue weighted by atomic mass is 10.2. The van der Waals surface area contributed by atoms with Crippen molar-refractivity contribution >= 4 is 5.69 Å². The molecule has 1 heterocycles. The Morgan fingerprint density at radius 2 is 2.12 bits per heavy atom. The van der Waals surface area contributed by atoms with E-state index in [9.17, 15) is 0 Å². The van der Waals surface area contributed by atoms with Crippen LogP contribution in [0.4, 0.5) is 5.69 Å². The zero-order valence-corrected chi connectivity index (χ0v) is 10.7. The van der Waals surface area contributed by atoms with Crippen LogP contribution in [0.15, 0.2) is 18.2 Å². The maximum absolute atomic E-state index is 5.37. The fourth-order valence-corrected chi connectivity index (χ4v) is 2.19. The lowest BCUT2D eigenvalue weighted by Gasteiger charge is -2.17. The summed E-state index contributed by atoms with van der Waals surface area (Å²) in [6.45, 7) is 2.23. The molecule has 1 aromatic carbocycles. The van der Waals surface area contributed by atoms with Gasteiger partial charge in [0.25, 0.3) is 0 Å². The van der Waals surface area contributed by atoms with Gasteiger partial charge >= 0.3 is 0 Å². The Hall–Kier alpha value is -1.42. The molecule has 1 fully saturated rings. The van der Waals surface area contributed by atoms with E-state index in [1.165, 1.54) is 6.42 Å². The molecule has 0 spiro atoms. The molecule has 94 valence electrons. The number of hydrogen-bond acceptors (Lipinski definition) is 4. The SMILES string of the molecule is COc1ccc(NC2CCN(C)C2)c(OC)c1. The number of hydrogen-bond donors (Lipinski definition) is 1. The van der Waals surface area contributed by atoms with Gasteiger partial charge in [0.1, 0.15) is 11.5 Å². The highest BCUT2D eigenvalue weighted by atomic mass is 16.5. The minimum absolute atomic E-state index is 0.502. The molecule has 0 aromatic heterocycles. The van der Waals surface area contributed by atoms with E-state index in [1.807, 2.05) is 18.2 Å². The number of likely N-dealkylation sites (tertiary alicyclic amines) is 1. The molecular weight excluding hydrogens is 216 g/mol. The van der Waals surface area contributed by atoms with Crippen molar-refractivity contribution in [1.29, 1.82) is 0 Å². The molecule has 1 N–H and O–H groups in total. The summed E-state index contributed by atoms with van der Waals surface area (Å²) in [6.07, 6.45) is 1.17. The smallest absolute Gasteiger partial charge is 0.145 e. The fraction of sp³-hybridized carbons (Fsp3) is 0.538. The van der Waals surface area contributed by atoms with Gasteiger partial charge in [-0.05, 0) is 32.1 Å². The van der Waals surface area contributed by atoms with E-state index in [1.54, 1.807) is 14.2 Å². The van der Waals surface area contributed by atoms with Crippen LogP contribution in [-0.4, -0.2) is 45.3 Å². The Kier molecular flexibility index (Phi) is 3.74. The van der Waals surface area contributed by atoms with Crippen LogP contribution in [0.1, 0.15) is 6.42 Å². The molecule has 0 radical (unpaired) electrons. The van der Waals surface area contributed by atoms with Gasteiger partial charge in [-0.2, -0.15) is 0 Å². The second kappa shape index (κ2) is 5.27. The van der Waals surface area contributed by atoms with Gasteiger partial charge in [0.2, 0.25) is 0 Å². The van der Waals surface area contributed by atoms with E-state index in [0.717, 1.165) is 30.3 Å². The summed E-state index contributed by atoms with van der Waals surface area (Å²) >= 11 is 0. The summed E-state index contributed by atoms with van der Waals surface area (Å²) in [5.41, 5.74) is 1.04. The highest BCUT2D eigenvalue weighted by molar-refractivity contribution is 5.59. The predicted molar refractivity (Wildman–Crippen MR) is 69.1 cm³/mol. The largest absolute Gasteiger partial charge is 0.497 e. The third-order valence-electron chi connectivity index (χ3n) is 3.16. The lowest BCUT2D eigenvalue weighted by Crippen LogP contribution is -2.23. The van der Waals surface area contributed by atoms with Crippen molar-refractivity contribution in [3.63, 3.8) is 0 Å². The van der Waals surface area contributed by atoms with Crippen molar-refractivity contribution in [1.82, 2.24) is 4.90 Å². The minimum Gasteiger partial charge on any atom is -0.497 e. The lowest BCUT2D eigenvalue weighted by molar-refractivity contribution is 0.394. The van der Waals surface area contributed by atoms with Gasteiger partial charge < -0.3 is 19.7 Å². The monoisotopic (exact) mass is 236 g/mol. The van der Waals surface area contributed by atoms with E-state index >= 15 is 0 Å². The molecular formula is C13H20N2O2. The zero-order valence-electron chi connectivity index (χ0n) is 10.7. The molecule has 17 heavy (non-hydrogen) atoms. The first-order chi connectivity index (χ1) is 8.22. The molecule has 2 rings (SSSR count). The molecule has 1 aromatic rings. The first-order valence-corrected chi connectivity index (χ1v) is 5.90. The quantitative estimate of drug-likeness (QED) is 0.864. The van der Waals surface area contributed by atoms with Gasteiger partial charge in [-0.25, -0.2) is 0 Å². The predicted octanol–water partition coefficient (Wildman–Crippen LogP) is 1.82. The van der Waals surface area contributed by atoms with E-state index in [0.29, 0.717) is 6.04 Å². The van der Waals surface area contributed by atoms with E-state index in [4.69, 9.17) is 9.47 Å². The van der Waals surface area contributed by atoms with Gasteiger partial charge in [-0.1, -0.05) is 0 Å². The first-order valence-electron chi connectivity index (χ1n) is 5.90. The summed E-state index contributed by atoms with van der Waals surface area (Å²) in [5.74, 6) is 1.65. The van der Waals surface area contributed by atoms with Crippen molar-refractivity contribution in [3.8, 4) is 11.5 Å². The minimum atomic E-state index is 0.502. The topological polar surface area (TPSA) is 33.7 Å². The van der Waals surface area contributed by atoms with E-state index in [-0.39, 0.29) is 0 Å². The Labute approximate surface area is 103 Å². The maximum Gasteiger partial charge on any atom is 0.145 e. The normalized spacial score (nSPS) is 20.3. The van der Waals surface area contributed by atoms with E-state index < -0.39 is 0 Å². The Bertz CT molecular complexity index is 382. The average Bonchev–Trinajstić information content (AvgIpc) is 2.75. The molecule has 1 saturated heterocycles. The summed E-state index contributed by atoms with van der Waals surface area (Å²) in [7, 11) is 5.49.